The fraction of sp³-hybridized carbons (Fsp3) is 0.400. The lowest BCUT2D eigenvalue weighted by Gasteiger charge is -2.32. The molecule has 0 unspecified atom stereocenters. The van der Waals surface area contributed by atoms with Crippen LogP contribution < -0.4 is 10.6 Å². The molecule has 0 radical (unpaired) electrons. The van der Waals surface area contributed by atoms with Crippen LogP contribution in [0.1, 0.15) is 69.8 Å². The Hall–Kier alpha value is -4.54. The maximum atomic E-state index is 13.6. The lowest BCUT2D eigenvalue weighted by atomic mass is 9.93. The molecule has 1 aliphatic heterocycles. The third-order valence-corrected chi connectivity index (χ3v) is 8.19. The molecule has 1 aromatic carbocycles. The van der Waals surface area contributed by atoms with Crippen molar-refractivity contribution in [2.75, 3.05) is 23.7 Å². The van der Waals surface area contributed by atoms with Crippen molar-refractivity contribution in [1.82, 2.24) is 34.8 Å². The third-order valence-electron chi connectivity index (χ3n) is 8.19. The number of anilines is 2. The van der Waals surface area contributed by atoms with Gasteiger partial charge in [0, 0.05) is 49.8 Å². The van der Waals surface area contributed by atoms with E-state index in [4.69, 9.17) is 4.98 Å². The fourth-order valence-electron chi connectivity index (χ4n) is 5.94. The fourth-order valence-corrected chi connectivity index (χ4v) is 5.94. The Kier molecular flexibility index (Phi) is 7.25. The van der Waals surface area contributed by atoms with E-state index in [1.807, 2.05) is 24.2 Å². The number of rotatable bonds is 7. The summed E-state index contributed by atoms with van der Waals surface area (Å²) in [6.45, 7) is 5.49. The number of nitrogens with one attached hydrogen (secondary N) is 3. The summed E-state index contributed by atoms with van der Waals surface area (Å²) in [5, 5.41) is 17.9. The van der Waals surface area contributed by atoms with Crippen molar-refractivity contribution in [3.05, 3.63) is 70.3 Å². The highest BCUT2D eigenvalue weighted by Crippen LogP contribution is 2.35. The highest BCUT2D eigenvalue weighted by atomic mass is 16.2. The zero-order valence-corrected chi connectivity index (χ0v) is 23.7. The summed E-state index contributed by atoms with van der Waals surface area (Å²) < 4.78 is 1.77. The van der Waals surface area contributed by atoms with Crippen LogP contribution in [0.15, 0.2) is 36.8 Å². The Morgan fingerprint density at radius 3 is 2.51 bits per heavy atom. The minimum absolute atomic E-state index is 0.00471. The second-order valence-electron chi connectivity index (χ2n) is 10.7. The van der Waals surface area contributed by atoms with Crippen molar-refractivity contribution < 1.29 is 9.59 Å². The van der Waals surface area contributed by atoms with Gasteiger partial charge in [0.1, 0.15) is 0 Å². The molecule has 11 nitrogen and oxygen atoms in total. The van der Waals surface area contributed by atoms with Gasteiger partial charge in [0.15, 0.2) is 5.69 Å². The van der Waals surface area contributed by atoms with Crippen LogP contribution in [-0.2, 0) is 32.7 Å². The molecule has 2 amide bonds. The van der Waals surface area contributed by atoms with Gasteiger partial charge in [-0.25, -0.2) is 9.97 Å². The number of hydrogen-bond acceptors (Lipinski definition) is 7. The largest absolute Gasteiger partial charge is 0.351 e. The monoisotopic (exact) mass is 553 g/mol. The molecule has 3 aromatic heterocycles. The number of nitrogens with zero attached hydrogens (tertiary/aromatic N) is 6. The molecule has 11 heteroatoms. The molecule has 1 saturated heterocycles. The van der Waals surface area contributed by atoms with E-state index in [-0.39, 0.29) is 17.9 Å². The number of aromatic nitrogens is 6. The molecule has 212 valence electrons. The zero-order chi connectivity index (χ0) is 28.5. The van der Waals surface area contributed by atoms with Crippen molar-refractivity contribution in [2.45, 2.75) is 58.4 Å². The number of H-pyrrole nitrogens is 1. The molecule has 0 bridgehead atoms. The van der Waals surface area contributed by atoms with Crippen molar-refractivity contribution >= 4 is 23.5 Å². The average molecular weight is 554 g/mol. The highest BCUT2D eigenvalue weighted by molar-refractivity contribution is 6.06. The van der Waals surface area contributed by atoms with Crippen molar-refractivity contribution in [1.29, 1.82) is 0 Å². The number of amides is 2. The van der Waals surface area contributed by atoms with Gasteiger partial charge in [-0.2, -0.15) is 10.2 Å². The van der Waals surface area contributed by atoms with Gasteiger partial charge in [-0.1, -0.05) is 32.0 Å². The van der Waals surface area contributed by atoms with Crippen LogP contribution in [0.25, 0.3) is 11.4 Å². The molecule has 4 heterocycles. The molecule has 1 aliphatic carbocycles. The molecule has 41 heavy (non-hydrogen) atoms. The first-order chi connectivity index (χ1) is 20.0. The summed E-state index contributed by atoms with van der Waals surface area (Å²) >= 11 is 0. The number of likely N-dealkylation sites (tertiary alicyclic amines) is 1. The Bertz CT molecular complexity index is 1560. The predicted molar refractivity (Wildman–Crippen MR) is 156 cm³/mol. The Morgan fingerprint density at radius 2 is 1.83 bits per heavy atom. The molecule has 2 aliphatic rings. The highest BCUT2D eigenvalue weighted by Gasteiger charge is 2.30. The molecular formula is C30H35N9O2. The number of carbonyl (C=O) groups is 2. The Morgan fingerprint density at radius 1 is 1.07 bits per heavy atom. The molecule has 3 N–H and O–H groups in total. The smallest absolute Gasteiger partial charge is 0.276 e. The van der Waals surface area contributed by atoms with Gasteiger partial charge >= 0.3 is 0 Å². The standard InChI is InChI=1S/C30H35N9O2/c1-4-18-7-6-8-19(5-2)24(18)35-28(40)26-23-10-9-20-15-31-30(36-25(20)27(23)38(3)37-26)34-22-11-13-39(14-12-22)29(41)21-16-32-33-17-21/h6-8,15-17,22H,4-5,9-14H2,1-3H3,(H,32,33)(H,35,40)(H,31,34,36). The third kappa shape index (κ3) is 5.07. The number of benzene rings is 1. The number of aryl methyl sites for hydroxylation is 4. The summed E-state index contributed by atoms with van der Waals surface area (Å²) in [7, 11) is 1.87. The topological polar surface area (TPSA) is 134 Å². The molecule has 0 spiro atoms. The zero-order valence-electron chi connectivity index (χ0n) is 23.7. The van der Waals surface area contributed by atoms with Gasteiger partial charge in [0.2, 0.25) is 5.95 Å². The maximum Gasteiger partial charge on any atom is 0.276 e. The summed E-state index contributed by atoms with van der Waals surface area (Å²) in [5.74, 6) is 0.354. The van der Waals surface area contributed by atoms with E-state index < -0.39 is 0 Å². The van der Waals surface area contributed by atoms with E-state index in [1.54, 1.807) is 17.1 Å². The minimum atomic E-state index is -0.190. The van der Waals surface area contributed by atoms with Crippen LogP contribution in [0, 0.1) is 0 Å². The number of carbonyl (C=O) groups excluding carboxylic acids is 2. The second kappa shape index (κ2) is 11.1. The van der Waals surface area contributed by atoms with Gasteiger partial charge in [-0.3, -0.25) is 19.4 Å². The van der Waals surface area contributed by atoms with Crippen LogP contribution in [0.4, 0.5) is 11.6 Å². The van der Waals surface area contributed by atoms with Crippen LogP contribution in [0.2, 0.25) is 0 Å². The number of aromatic amines is 1. The quantitative estimate of drug-likeness (QED) is 0.317. The van der Waals surface area contributed by atoms with Gasteiger partial charge in [0.25, 0.3) is 11.8 Å². The molecule has 4 aromatic rings. The molecule has 6 rings (SSSR count). The van der Waals surface area contributed by atoms with E-state index in [0.717, 1.165) is 71.4 Å². The van der Waals surface area contributed by atoms with Gasteiger partial charge in [-0.15, -0.1) is 0 Å². The SMILES string of the molecule is CCc1cccc(CC)c1NC(=O)c1nn(C)c2c1CCc1cnc(NC3CCN(C(=O)c4cn[nH]c4)CC3)nc1-2. The maximum absolute atomic E-state index is 13.6. The van der Waals surface area contributed by atoms with E-state index in [1.165, 1.54) is 0 Å². The first-order valence-electron chi connectivity index (χ1n) is 14.4. The van der Waals surface area contributed by atoms with E-state index in [0.29, 0.717) is 36.7 Å². The Balaban J connectivity index is 1.19. The molecular weight excluding hydrogens is 518 g/mol. The summed E-state index contributed by atoms with van der Waals surface area (Å²) in [5.41, 5.74) is 7.79. The summed E-state index contributed by atoms with van der Waals surface area (Å²) in [6.07, 6.45) is 9.78. The lowest BCUT2D eigenvalue weighted by molar-refractivity contribution is 0.0718. The first kappa shape index (κ1) is 26.7. The van der Waals surface area contributed by atoms with Crippen molar-refractivity contribution in [3.8, 4) is 11.4 Å². The van der Waals surface area contributed by atoms with Crippen molar-refractivity contribution in [3.63, 3.8) is 0 Å². The summed E-state index contributed by atoms with van der Waals surface area (Å²) in [4.78, 5) is 37.6. The van der Waals surface area contributed by atoms with Crippen molar-refractivity contribution in [2.24, 2.45) is 7.05 Å². The van der Waals surface area contributed by atoms with Gasteiger partial charge in [-0.05, 0) is 55.2 Å². The second-order valence-corrected chi connectivity index (χ2v) is 10.7. The average Bonchev–Trinajstić information content (AvgIpc) is 3.66. The number of fused-ring (bicyclic) bond motifs is 3. The number of hydrogen-bond donors (Lipinski definition) is 3. The van der Waals surface area contributed by atoms with E-state index >= 15 is 0 Å². The first-order valence-corrected chi connectivity index (χ1v) is 14.4. The van der Waals surface area contributed by atoms with Gasteiger partial charge in [0.05, 0.1) is 23.1 Å². The van der Waals surface area contributed by atoms with Gasteiger partial charge < -0.3 is 15.5 Å². The lowest BCUT2D eigenvalue weighted by Crippen LogP contribution is -2.42. The molecule has 1 fully saturated rings. The van der Waals surface area contributed by atoms with Crippen LogP contribution in [0.5, 0.6) is 0 Å². The number of piperidine rings is 1. The molecule has 0 atom stereocenters. The predicted octanol–water partition coefficient (Wildman–Crippen LogP) is 3.79. The van der Waals surface area contributed by atoms with Crippen LogP contribution in [0.3, 0.4) is 0 Å². The summed E-state index contributed by atoms with van der Waals surface area (Å²) in [6, 6.07) is 6.32. The Labute approximate surface area is 238 Å². The van der Waals surface area contributed by atoms with E-state index in [9.17, 15) is 9.59 Å². The number of para-hydroxylation sites is 1. The van der Waals surface area contributed by atoms with Crippen LogP contribution in [-0.4, -0.2) is 65.8 Å². The molecule has 0 saturated carbocycles. The van der Waals surface area contributed by atoms with E-state index in [2.05, 4.69) is 56.9 Å². The minimum Gasteiger partial charge on any atom is -0.351 e. The van der Waals surface area contributed by atoms with Crippen LogP contribution >= 0.6 is 0 Å². The normalized spacial score (nSPS) is 14.9.